The van der Waals surface area contributed by atoms with Gasteiger partial charge in [-0.2, -0.15) is 0 Å². The van der Waals surface area contributed by atoms with Gasteiger partial charge >= 0.3 is 0 Å². The monoisotopic (exact) mass is 267 g/mol. The molecular weight excluding hydrogens is 250 g/mol. The second-order valence-corrected chi connectivity index (χ2v) is 4.44. The van der Waals surface area contributed by atoms with E-state index < -0.39 is 6.10 Å². The van der Waals surface area contributed by atoms with E-state index in [-0.39, 0.29) is 6.61 Å². The molecular formula is C14H18ClNO2. The van der Waals surface area contributed by atoms with Gasteiger partial charge < -0.3 is 15.2 Å². The molecule has 0 saturated carbocycles. The van der Waals surface area contributed by atoms with Crippen LogP contribution >= 0.6 is 11.6 Å². The summed E-state index contributed by atoms with van der Waals surface area (Å²) in [5.41, 5.74) is 0.954. The van der Waals surface area contributed by atoms with Crippen LogP contribution in [0.1, 0.15) is 12.0 Å². The zero-order valence-corrected chi connectivity index (χ0v) is 11.2. The molecule has 1 atom stereocenters. The van der Waals surface area contributed by atoms with Crippen LogP contribution in [0.2, 0.25) is 5.02 Å². The van der Waals surface area contributed by atoms with Crippen LogP contribution in [0.25, 0.3) is 0 Å². The van der Waals surface area contributed by atoms with Crippen molar-refractivity contribution in [3.8, 4) is 18.1 Å². The Morgan fingerprint density at radius 3 is 3.00 bits per heavy atom. The zero-order valence-electron chi connectivity index (χ0n) is 10.4. The van der Waals surface area contributed by atoms with Gasteiger partial charge in [-0.05, 0) is 30.7 Å². The topological polar surface area (TPSA) is 41.5 Å². The second kappa shape index (κ2) is 7.99. The van der Waals surface area contributed by atoms with Gasteiger partial charge in [0.1, 0.15) is 18.5 Å². The minimum atomic E-state index is -0.557. The lowest BCUT2D eigenvalue weighted by Crippen LogP contribution is -2.31. The fourth-order valence-corrected chi connectivity index (χ4v) is 1.51. The minimum absolute atomic E-state index is 0.240. The summed E-state index contributed by atoms with van der Waals surface area (Å²) in [6.07, 6.45) is 5.22. The fraction of sp³-hybridized carbons (Fsp3) is 0.429. The Bertz CT molecular complexity index is 415. The molecule has 0 aliphatic rings. The molecule has 1 rings (SSSR count). The molecule has 3 nitrogen and oxygen atoms in total. The highest BCUT2D eigenvalue weighted by Crippen LogP contribution is 2.20. The van der Waals surface area contributed by atoms with Gasteiger partial charge in [0.15, 0.2) is 0 Å². The Morgan fingerprint density at radius 2 is 2.33 bits per heavy atom. The molecule has 0 amide bonds. The Balaban J connectivity index is 2.27. The molecule has 0 saturated heterocycles. The molecule has 98 valence electrons. The lowest BCUT2D eigenvalue weighted by molar-refractivity contribution is 0.107. The number of hydrogen-bond donors (Lipinski definition) is 2. The van der Waals surface area contributed by atoms with E-state index in [4.69, 9.17) is 22.8 Å². The van der Waals surface area contributed by atoms with Gasteiger partial charge in [-0.1, -0.05) is 11.6 Å². The van der Waals surface area contributed by atoms with Crippen LogP contribution in [-0.4, -0.2) is 30.9 Å². The first-order valence-corrected chi connectivity index (χ1v) is 6.22. The highest BCUT2D eigenvalue weighted by atomic mass is 35.5. The summed E-state index contributed by atoms with van der Waals surface area (Å²) in [5.74, 6) is 3.23. The van der Waals surface area contributed by atoms with Crippen molar-refractivity contribution in [3.05, 3.63) is 28.8 Å². The molecule has 0 heterocycles. The van der Waals surface area contributed by atoms with Crippen LogP contribution in [0.5, 0.6) is 5.75 Å². The highest BCUT2D eigenvalue weighted by Gasteiger charge is 2.05. The summed E-state index contributed by atoms with van der Waals surface area (Å²) >= 11 is 5.91. The predicted molar refractivity (Wildman–Crippen MR) is 74.0 cm³/mol. The third-order valence-corrected chi connectivity index (χ3v) is 2.82. The first kappa shape index (κ1) is 14.8. The number of aliphatic hydroxyl groups is 1. The number of nitrogens with one attached hydrogen (secondary N) is 1. The van der Waals surface area contributed by atoms with E-state index in [1.165, 1.54) is 0 Å². The third kappa shape index (κ3) is 5.42. The summed E-state index contributed by atoms with van der Waals surface area (Å²) in [6.45, 7) is 3.32. The largest absolute Gasteiger partial charge is 0.491 e. The Labute approximate surface area is 113 Å². The molecule has 0 spiro atoms. The molecule has 0 bridgehead atoms. The van der Waals surface area contributed by atoms with Gasteiger partial charge in [0.05, 0.1) is 0 Å². The molecule has 1 aromatic carbocycles. The Hall–Kier alpha value is -1.21. The minimum Gasteiger partial charge on any atom is -0.491 e. The molecule has 1 aromatic rings. The number of ether oxygens (including phenoxy) is 1. The van der Waals surface area contributed by atoms with E-state index in [2.05, 4.69) is 11.2 Å². The normalized spacial score (nSPS) is 11.9. The first-order valence-electron chi connectivity index (χ1n) is 5.84. The van der Waals surface area contributed by atoms with Crippen molar-refractivity contribution in [1.82, 2.24) is 5.32 Å². The summed E-state index contributed by atoms with van der Waals surface area (Å²) < 4.78 is 5.47. The van der Waals surface area contributed by atoms with Crippen molar-refractivity contribution in [2.24, 2.45) is 0 Å². The molecule has 1 unspecified atom stereocenters. The van der Waals surface area contributed by atoms with Crippen LogP contribution < -0.4 is 10.1 Å². The number of benzene rings is 1. The summed E-state index contributed by atoms with van der Waals surface area (Å²) in [7, 11) is 0. The lowest BCUT2D eigenvalue weighted by Gasteiger charge is -2.13. The molecule has 4 heteroatoms. The molecule has 18 heavy (non-hydrogen) atoms. The Kier molecular flexibility index (Phi) is 6.59. The maximum absolute atomic E-state index is 9.67. The molecule has 0 aliphatic carbocycles. The first-order chi connectivity index (χ1) is 8.63. The molecule has 0 fully saturated rings. The second-order valence-electron chi connectivity index (χ2n) is 4.03. The third-order valence-electron chi connectivity index (χ3n) is 2.40. The van der Waals surface area contributed by atoms with Crippen LogP contribution in [0.4, 0.5) is 0 Å². The zero-order chi connectivity index (χ0) is 13.4. The summed E-state index contributed by atoms with van der Waals surface area (Å²) in [5, 5.41) is 13.4. The van der Waals surface area contributed by atoms with Gasteiger partial charge in [0.25, 0.3) is 0 Å². The van der Waals surface area contributed by atoms with Gasteiger partial charge in [-0.25, -0.2) is 0 Å². The van der Waals surface area contributed by atoms with Crippen molar-refractivity contribution in [1.29, 1.82) is 0 Å². The summed E-state index contributed by atoms with van der Waals surface area (Å²) in [4.78, 5) is 0. The van der Waals surface area contributed by atoms with E-state index in [0.29, 0.717) is 30.3 Å². The SMILES string of the molecule is C#CCCNCC(O)COc1ccc(Cl)c(C)c1. The van der Waals surface area contributed by atoms with Gasteiger partial charge in [0, 0.05) is 24.5 Å². The van der Waals surface area contributed by atoms with Crippen LogP contribution in [0.3, 0.4) is 0 Å². The van der Waals surface area contributed by atoms with E-state index in [9.17, 15) is 5.11 Å². The quantitative estimate of drug-likeness (QED) is 0.587. The van der Waals surface area contributed by atoms with E-state index >= 15 is 0 Å². The molecule has 0 aliphatic heterocycles. The Morgan fingerprint density at radius 1 is 1.56 bits per heavy atom. The number of aryl methyl sites for hydroxylation is 1. The predicted octanol–water partition coefficient (Wildman–Crippen LogP) is 2.00. The number of halogens is 1. The number of rotatable bonds is 7. The number of hydrogen-bond acceptors (Lipinski definition) is 3. The maximum atomic E-state index is 9.67. The van der Waals surface area contributed by atoms with Crippen molar-refractivity contribution >= 4 is 11.6 Å². The van der Waals surface area contributed by atoms with Gasteiger partial charge in [0.2, 0.25) is 0 Å². The maximum Gasteiger partial charge on any atom is 0.119 e. The van der Waals surface area contributed by atoms with Crippen LogP contribution in [0, 0.1) is 19.3 Å². The number of terminal acetylenes is 1. The van der Waals surface area contributed by atoms with E-state index in [1.807, 2.05) is 13.0 Å². The van der Waals surface area contributed by atoms with Crippen LogP contribution in [0.15, 0.2) is 18.2 Å². The van der Waals surface area contributed by atoms with Crippen molar-refractivity contribution in [2.75, 3.05) is 19.7 Å². The van der Waals surface area contributed by atoms with Gasteiger partial charge in [-0.3, -0.25) is 0 Å². The molecule has 2 N–H and O–H groups in total. The van der Waals surface area contributed by atoms with Crippen molar-refractivity contribution in [3.63, 3.8) is 0 Å². The average molecular weight is 268 g/mol. The van der Waals surface area contributed by atoms with Gasteiger partial charge in [-0.15, -0.1) is 12.3 Å². The molecule has 0 radical (unpaired) electrons. The highest BCUT2D eigenvalue weighted by molar-refractivity contribution is 6.31. The van der Waals surface area contributed by atoms with E-state index in [1.54, 1.807) is 12.1 Å². The smallest absolute Gasteiger partial charge is 0.119 e. The van der Waals surface area contributed by atoms with Crippen molar-refractivity contribution in [2.45, 2.75) is 19.4 Å². The number of aliphatic hydroxyl groups excluding tert-OH is 1. The van der Waals surface area contributed by atoms with Crippen molar-refractivity contribution < 1.29 is 9.84 Å². The molecule has 0 aromatic heterocycles. The summed E-state index contributed by atoms with van der Waals surface area (Å²) in [6, 6.07) is 5.42. The fourth-order valence-electron chi connectivity index (χ4n) is 1.39. The van der Waals surface area contributed by atoms with Crippen LogP contribution in [-0.2, 0) is 0 Å². The standard InChI is InChI=1S/C14H18ClNO2/c1-3-4-7-16-9-12(17)10-18-13-5-6-14(15)11(2)8-13/h1,5-6,8,12,16-17H,4,7,9-10H2,2H3. The average Bonchev–Trinajstić information content (AvgIpc) is 2.36. The van der Waals surface area contributed by atoms with E-state index in [0.717, 1.165) is 5.56 Å². The lowest BCUT2D eigenvalue weighted by atomic mass is 10.2.